The van der Waals surface area contributed by atoms with Crippen molar-refractivity contribution in [3.05, 3.63) is 88.0 Å². The lowest BCUT2D eigenvalue weighted by atomic mass is 9.79. The van der Waals surface area contributed by atoms with Crippen molar-refractivity contribution < 1.29 is 19.2 Å². The molecule has 132 valence electrons. The number of esters is 1. The van der Waals surface area contributed by atoms with Crippen molar-refractivity contribution in [3.8, 4) is 0 Å². The molecule has 0 aromatic heterocycles. The summed E-state index contributed by atoms with van der Waals surface area (Å²) in [6.45, 7) is 1.73. The van der Waals surface area contributed by atoms with Gasteiger partial charge in [0.15, 0.2) is 5.78 Å². The summed E-state index contributed by atoms with van der Waals surface area (Å²) in [6.07, 6.45) is 3.08. The van der Waals surface area contributed by atoms with Crippen molar-refractivity contribution in [3.63, 3.8) is 0 Å². The Morgan fingerprint density at radius 2 is 1.81 bits per heavy atom. The van der Waals surface area contributed by atoms with Gasteiger partial charge in [-0.15, -0.1) is 0 Å². The van der Waals surface area contributed by atoms with Gasteiger partial charge in [-0.25, -0.2) is 4.79 Å². The van der Waals surface area contributed by atoms with Crippen LogP contribution in [0.3, 0.4) is 0 Å². The minimum absolute atomic E-state index is 0.0361. The number of cyclic esters (lactones) is 1. The van der Waals surface area contributed by atoms with Crippen LogP contribution in [0.5, 0.6) is 0 Å². The number of hydrogen-bond acceptors (Lipinski definition) is 5. The van der Waals surface area contributed by atoms with Gasteiger partial charge in [-0.2, -0.15) is 0 Å². The molecule has 6 nitrogen and oxygen atoms in total. The molecule has 26 heavy (non-hydrogen) atoms. The Morgan fingerprint density at radius 1 is 1.15 bits per heavy atom. The highest BCUT2D eigenvalue weighted by Gasteiger charge is 2.41. The van der Waals surface area contributed by atoms with Crippen LogP contribution in [0, 0.1) is 10.1 Å². The van der Waals surface area contributed by atoms with E-state index in [-0.39, 0.29) is 17.9 Å². The average molecular weight is 351 g/mol. The Balaban J connectivity index is 1.94. The smallest absolute Gasteiger partial charge is 0.331 e. The Bertz CT molecular complexity index is 873. The zero-order chi connectivity index (χ0) is 18.7. The van der Waals surface area contributed by atoms with Gasteiger partial charge in [0.25, 0.3) is 5.69 Å². The van der Waals surface area contributed by atoms with E-state index in [9.17, 15) is 19.7 Å². The van der Waals surface area contributed by atoms with E-state index in [1.54, 1.807) is 49.4 Å². The van der Waals surface area contributed by atoms with Crippen LogP contribution >= 0.6 is 0 Å². The maximum Gasteiger partial charge on any atom is 0.331 e. The van der Waals surface area contributed by atoms with Gasteiger partial charge >= 0.3 is 5.97 Å². The monoisotopic (exact) mass is 351 g/mol. The Hall–Kier alpha value is -3.28. The predicted molar refractivity (Wildman–Crippen MR) is 94.9 cm³/mol. The molecule has 0 N–H and O–H groups in total. The summed E-state index contributed by atoms with van der Waals surface area (Å²) < 4.78 is 5.44. The number of non-ortho nitro benzene ring substituents is 1. The zero-order valence-corrected chi connectivity index (χ0v) is 14.1. The summed E-state index contributed by atoms with van der Waals surface area (Å²) in [4.78, 5) is 34.7. The second-order valence-corrected chi connectivity index (χ2v) is 6.33. The fraction of sp³-hybridized carbons (Fsp3) is 0.200. The minimum Gasteiger partial charge on any atom is -0.451 e. The third-order valence-corrected chi connectivity index (χ3v) is 4.55. The lowest BCUT2D eigenvalue weighted by Crippen LogP contribution is -2.34. The number of hydrogen-bond donors (Lipinski definition) is 0. The number of nitrogens with zero attached hydrogens (tertiary/aromatic N) is 1. The molecule has 6 heteroatoms. The summed E-state index contributed by atoms with van der Waals surface area (Å²) in [5.41, 5.74) is 0.238. The normalized spacial score (nSPS) is 19.8. The van der Waals surface area contributed by atoms with Crippen LogP contribution in [0.2, 0.25) is 0 Å². The number of nitro benzene ring substituents is 1. The number of carbonyl (C=O) groups excluding carboxylic acids is 2. The van der Waals surface area contributed by atoms with E-state index in [4.69, 9.17) is 4.74 Å². The first-order valence-electron chi connectivity index (χ1n) is 8.14. The number of benzene rings is 2. The molecule has 0 aliphatic carbocycles. The molecule has 2 aromatic rings. The lowest BCUT2D eigenvalue weighted by molar-refractivity contribution is -0.384. The van der Waals surface area contributed by atoms with Crippen LogP contribution in [0.4, 0.5) is 5.69 Å². The number of Topliss-reactive ketones (excluding diaryl/α,β-unsaturated/α-hetero) is 1. The molecule has 2 aromatic carbocycles. The van der Waals surface area contributed by atoms with Gasteiger partial charge in [0.1, 0.15) is 5.60 Å². The molecule has 3 rings (SSSR count). The Labute approximate surface area is 150 Å². The highest BCUT2D eigenvalue weighted by Crippen LogP contribution is 2.39. The predicted octanol–water partition coefficient (Wildman–Crippen LogP) is 3.82. The first-order chi connectivity index (χ1) is 12.4. The maximum atomic E-state index is 12.7. The fourth-order valence-electron chi connectivity index (χ4n) is 3.11. The number of carbonyl (C=O) groups is 2. The second-order valence-electron chi connectivity index (χ2n) is 6.33. The minimum atomic E-state index is -0.988. The third-order valence-electron chi connectivity index (χ3n) is 4.55. The zero-order valence-electron chi connectivity index (χ0n) is 14.1. The Kier molecular flexibility index (Phi) is 4.67. The Morgan fingerprint density at radius 3 is 2.35 bits per heavy atom. The number of ketones is 1. The van der Waals surface area contributed by atoms with Crippen molar-refractivity contribution in [2.75, 3.05) is 0 Å². The van der Waals surface area contributed by atoms with Crippen LogP contribution in [0.1, 0.15) is 35.2 Å². The highest BCUT2D eigenvalue weighted by atomic mass is 16.6. The van der Waals surface area contributed by atoms with E-state index in [1.807, 2.05) is 6.07 Å². The first-order valence-corrected chi connectivity index (χ1v) is 8.14. The topological polar surface area (TPSA) is 86.5 Å². The summed E-state index contributed by atoms with van der Waals surface area (Å²) in [5, 5.41) is 10.9. The standard InChI is InChI=1S/C20H17NO5/c1-20(12-11-19(23)26-20)17(13-18(22)15-5-3-2-4-6-15)14-7-9-16(10-8-14)21(24)25/h2-12,17H,13H2,1H3/t17-,20+/m0/s1. The van der Waals surface area contributed by atoms with Crippen LogP contribution in [0.25, 0.3) is 0 Å². The van der Waals surface area contributed by atoms with Gasteiger partial charge in [-0.3, -0.25) is 14.9 Å². The molecule has 0 radical (unpaired) electrons. The van der Waals surface area contributed by atoms with Crippen LogP contribution in [0.15, 0.2) is 66.7 Å². The van der Waals surface area contributed by atoms with Gasteiger partial charge in [0, 0.05) is 36.1 Å². The van der Waals surface area contributed by atoms with Gasteiger partial charge < -0.3 is 4.74 Å². The van der Waals surface area contributed by atoms with Gasteiger partial charge in [-0.1, -0.05) is 42.5 Å². The van der Waals surface area contributed by atoms with E-state index in [0.717, 1.165) is 0 Å². The van der Waals surface area contributed by atoms with E-state index in [2.05, 4.69) is 0 Å². The molecule has 0 saturated heterocycles. The highest BCUT2D eigenvalue weighted by molar-refractivity contribution is 5.96. The molecular formula is C20H17NO5. The molecule has 1 aliphatic rings. The molecule has 0 bridgehead atoms. The summed E-state index contributed by atoms with van der Waals surface area (Å²) in [7, 11) is 0. The van der Waals surface area contributed by atoms with E-state index < -0.39 is 22.4 Å². The van der Waals surface area contributed by atoms with Crippen LogP contribution in [-0.4, -0.2) is 22.3 Å². The molecule has 0 fully saturated rings. The second kappa shape index (κ2) is 6.92. The SMILES string of the molecule is C[C@]1([C@@H](CC(=O)c2ccccc2)c2ccc([N+](=O)[O-])cc2)C=CC(=O)O1. The molecular weight excluding hydrogens is 334 g/mol. The van der Waals surface area contributed by atoms with Crippen LogP contribution < -0.4 is 0 Å². The number of rotatable bonds is 6. The van der Waals surface area contributed by atoms with Gasteiger partial charge in [0.2, 0.25) is 0 Å². The van der Waals surface area contributed by atoms with Gasteiger partial charge in [0.05, 0.1) is 4.92 Å². The third kappa shape index (κ3) is 3.54. The van der Waals surface area contributed by atoms with Crippen LogP contribution in [-0.2, 0) is 9.53 Å². The molecule has 0 amide bonds. The molecule has 0 unspecified atom stereocenters. The van der Waals surface area contributed by atoms with E-state index in [1.165, 1.54) is 18.2 Å². The lowest BCUT2D eigenvalue weighted by Gasteiger charge is -2.31. The maximum absolute atomic E-state index is 12.7. The molecule has 0 spiro atoms. The summed E-state index contributed by atoms with van der Waals surface area (Å²) in [6, 6.07) is 14.8. The van der Waals surface area contributed by atoms with Gasteiger partial charge in [-0.05, 0) is 18.6 Å². The average Bonchev–Trinajstić information content (AvgIpc) is 3.00. The summed E-state index contributed by atoms with van der Waals surface area (Å²) in [5.74, 6) is -1.02. The molecule has 0 saturated carbocycles. The number of nitro groups is 1. The molecule has 2 atom stereocenters. The van der Waals surface area contributed by atoms with Crippen molar-refractivity contribution in [1.29, 1.82) is 0 Å². The molecule has 1 heterocycles. The quantitative estimate of drug-likeness (QED) is 0.342. The van der Waals surface area contributed by atoms with Crippen molar-refractivity contribution in [2.45, 2.75) is 24.9 Å². The largest absolute Gasteiger partial charge is 0.451 e. The van der Waals surface area contributed by atoms with E-state index in [0.29, 0.717) is 11.1 Å². The summed E-state index contributed by atoms with van der Waals surface area (Å²) >= 11 is 0. The van der Waals surface area contributed by atoms with Crippen molar-refractivity contribution >= 4 is 17.4 Å². The number of ether oxygens (including phenoxy) is 1. The van der Waals surface area contributed by atoms with E-state index >= 15 is 0 Å². The fourth-order valence-corrected chi connectivity index (χ4v) is 3.11. The van der Waals surface area contributed by atoms with Crippen molar-refractivity contribution in [1.82, 2.24) is 0 Å². The molecule has 1 aliphatic heterocycles. The first kappa shape index (κ1) is 17.5. The van der Waals surface area contributed by atoms with Crippen molar-refractivity contribution in [2.24, 2.45) is 0 Å².